The van der Waals surface area contributed by atoms with Crippen molar-refractivity contribution in [2.24, 2.45) is 0 Å². The molecule has 0 saturated carbocycles. The van der Waals surface area contributed by atoms with E-state index >= 15 is 0 Å². The molecule has 9 nitrogen and oxygen atoms in total. The van der Waals surface area contributed by atoms with Crippen LogP contribution in [0.3, 0.4) is 0 Å². The van der Waals surface area contributed by atoms with Crippen LogP contribution >= 0.6 is 0 Å². The van der Waals surface area contributed by atoms with Crippen molar-refractivity contribution >= 4 is 29.3 Å². The summed E-state index contributed by atoms with van der Waals surface area (Å²) in [4.78, 5) is 58.1. The van der Waals surface area contributed by atoms with E-state index in [4.69, 9.17) is 0 Å². The van der Waals surface area contributed by atoms with Crippen LogP contribution < -0.4 is 10.2 Å². The smallest absolute Gasteiger partial charge is 0.272 e. The number of benzene rings is 1. The van der Waals surface area contributed by atoms with Crippen molar-refractivity contribution in [1.29, 1.82) is 0 Å². The lowest BCUT2D eigenvalue weighted by atomic mass is 10.0. The highest BCUT2D eigenvalue weighted by Crippen LogP contribution is 2.33. The number of amides is 4. The molecular formula is C23H22FN5O4. The predicted molar refractivity (Wildman–Crippen MR) is 115 cm³/mol. The van der Waals surface area contributed by atoms with E-state index < -0.39 is 23.7 Å². The number of rotatable bonds is 3. The maximum Gasteiger partial charge on any atom is 0.272 e. The van der Waals surface area contributed by atoms with Gasteiger partial charge in [-0.15, -0.1) is 0 Å². The highest BCUT2D eigenvalue weighted by molar-refractivity contribution is 6.05. The molecule has 10 heteroatoms. The Balaban J connectivity index is 1.29. The highest BCUT2D eigenvalue weighted by Gasteiger charge is 2.40. The maximum atomic E-state index is 15.0. The molecule has 1 unspecified atom stereocenters. The zero-order valence-electron chi connectivity index (χ0n) is 17.8. The van der Waals surface area contributed by atoms with E-state index in [9.17, 15) is 23.6 Å². The first-order chi connectivity index (χ1) is 15.9. The van der Waals surface area contributed by atoms with Gasteiger partial charge in [0.2, 0.25) is 11.8 Å². The average Bonchev–Trinajstić information content (AvgIpc) is 3.14. The third-order valence-corrected chi connectivity index (χ3v) is 6.38. The number of hydrogen-bond donors (Lipinski definition) is 1. The number of carbonyl (C=O) groups is 4. The highest BCUT2D eigenvalue weighted by atomic mass is 19.1. The van der Waals surface area contributed by atoms with Crippen LogP contribution in [0.25, 0.3) is 0 Å². The van der Waals surface area contributed by atoms with Crippen LogP contribution in [0.5, 0.6) is 0 Å². The number of carbonyl (C=O) groups excluding carboxylic acids is 4. The van der Waals surface area contributed by atoms with Gasteiger partial charge >= 0.3 is 0 Å². The molecule has 5 rings (SSSR count). The van der Waals surface area contributed by atoms with E-state index in [-0.39, 0.29) is 36.8 Å². The Hall–Kier alpha value is -3.82. The zero-order chi connectivity index (χ0) is 23.1. The van der Waals surface area contributed by atoms with E-state index in [0.29, 0.717) is 43.1 Å². The fourth-order valence-electron chi connectivity index (χ4n) is 4.62. The van der Waals surface area contributed by atoms with E-state index in [1.165, 1.54) is 11.0 Å². The van der Waals surface area contributed by atoms with Gasteiger partial charge in [-0.25, -0.2) is 4.39 Å². The van der Waals surface area contributed by atoms with E-state index in [1.54, 1.807) is 35.4 Å². The number of nitrogens with zero attached hydrogens (tertiary/aromatic N) is 4. The fraction of sp³-hybridized carbons (Fsp3) is 0.348. The Morgan fingerprint density at radius 3 is 2.58 bits per heavy atom. The lowest BCUT2D eigenvalue weighted by Gasteiger charge is -2.36. The molecule has 4 heterocycles. The van der Waals surface area contributed by atoms with Gasteiger partial charge in [0.15, 0.2) is 0 Å². The van der Waals surface area contributed by atoms with Gasteiger partial charge in [-0.1, -0.05) is 6.07 Å². The summed E-state index contributed by atoms with van der Waals surface area (Å²) in [6, 6.07) is 7.32. The van der Waals surface area contributed by atoms with Crippen LogP contribution in [0, 0.1) is 5.82 Å². The number of pyridine rings is 1. The normalized spacial score (nSPS) is 20.7. The second-order valence-corrected chi connectivity index (χ2v) is 8.35. The largest absolute Gasteiger partial charge is 0.366 e. The molecule has 170 valence electrons. The van der Waals surface area contributed by atoms with Crippen LogP contribution in [0.1, 0.15) is 39.3 Å². The first-order valence-electron chi connectivity index (χ1n) is 10.8. The molecule has 0 aliphatic carbocycles. The van der Waals surface area contributed by atoms with Gasteiger partial charge in [-0.3, -0.25) is 29.5 Å². The minimum atomic E-state index is -0.740. The second kappa shape index (κ2) is 8.27. The third-order valence-electron chi connectivity index (χ3n) is 6.38. The van der Waals surface area contributed by atoms with Crippen LogP contribution in [-0.2, 0) is 16.1 Å². The summed E-state index contributed by atoms with van der Waals surface area (Å²) in [6.07, 6.45) is 1.99. The fourth-order valence-corrected chi connectivity index (χ4v) is 4.62. The van der Waals surface area contributed by atoms with Crippen molar-refractivity contribution in [3.8, 4) is 0 Å². The molecule has 1 N–H and O–H groups in total. The Kier molecular flexibility index (Phi) is 5.27. The van der Waals surface area contributed by atoms with Gasteiger partial charge in [-0.05, 0) is 36.2 Å². The van der Waals surface area contributed by atoms with Crippen molar-refractivity contribution < 1.29 is 23.6 Å². The van der Waals surface area contributed by atoms with E-state index in [0.717, 1.165) is 0 Å². The Bertz CT molecular complexity index is 1150. The number of piperazine rings is 1. The predicted octanol–water partition coefficient (Wildman–Crippen LogP) is 0.944. The maximum absolute atomic E-state index is 15.0. The number of imide groups is 1. The van der Waals surface area contributed by atoms with Gasteiger partial charge in [0.05, 0.1) is 5.69 Å². The number of anilines is 1. The minimum Gasteiger partial charge on any atom is -0.366 e. The molecule has 33 heavy (non-hydrogen) atoms. The van der Waals surface area contributed by atoms with Crippen molar-refractivity contribution in [1.82, 2.24) is 20.1 Å². The first-order valence-corrected chi connectivity index (χ1v) is 10.8. The molecule has 0 bridgehead atoms. The lowest BCUT2D eigenvalue weighted by molar-refractivity contribution is -0.136. The number of fused-ring (bicyclic) bond motifs is 1. The summed E-state index contributed by atoms with van der Waals surface area (Å²) in [5.74, 6) is -1.93. The molecule has 0 radical (unpaired) electrons. The molecule has 1 aromatic heterocycles. The quantitative estimate of drug-likeness (QED) is 0.697. The van der Waals surface area contributed by atoms with Gasteiger partial charge in [0.1, 0.15) is 17.6 Å². The zero-order valence-corrected chi connectivity index (χ0v) is 17.8. The van der Waals surface area contributed by atoms with Gasteiger partial charge in [0, 0.05) is 50.9 Å². The Labute approximate surface area is 189 Å². The van der Waals surface area contributed by atoms with Crippen LogP contribution in [0.15, 0.2) is 36.5 Å². The van der Waals surface area contributed by atoms with E-state index in [1.807, 2.05) is 4.90 Å². The van der Waals surface area contributed by atoms with Crippen molar-refractivity contribution in [3.05, 3.63) is 59.2 Å². The summed E-state index contributed by atoms with van der Waals surface area (Å²) < 4.78 is 15.0. The van der Waals surface area contributed by atoms with Crippen molar-refractivity contribution in [2.75, 3.05) is 31.1 Å². The minimum absolute atomic E-state index is 0.157. The molecule has 0 spiro atoms. The average molecular weight is 451 g/mol. The molecule has 1 aromatic carbocycles. The number of hydrogen-bond acceptors (Lipinski definition) is 6. The molecule has 3 aliphatic heterocycles. The van der Waals surface area contributed by atoms with Gasteiger partial charge in [0.25, 0.3) is 11.8 Å². The molecule has 2 saturated heterocycles. The second-order valence-electron chi connectivity index (χ2n) is 8.35. The lowest BCUT2D eigenvalue weighted by Crippen LogP contribution is -2.52. The summed E-state index contributed by atoms with van der Waals surface area (Å²) in [5.41, 5.74) is 1.64. The molecule has 4 amide bonds. The summed E-state index contributed by atoms with van der Waals surface area (Å²) in [7, 11) is 0. The molecule has 2 aromatic rings. The van der Waals surface area contributed by atoms with Crippen LogP contribution in [0.2, 0.25) is 0 Å². The number of aromatic nitrogens is 1. The Morgan fingerprint density at radius 1 is 1.09 bits per heavy atom. The van der Waals surface area contributed by atoms with E-state index in [2.05, 4.69) is 10.3 Å². The number of piperidine rings is 1. The molecule has 1 atom stereocenters. The summed E-state index contributed by atoms with van der Waals surface area (Å²) in [6.45, 7) is 1.92. The topological polar surface area (TPSA) is 103 Å². The van der Waals surface area contributed by atoms with Gasteiger partial charge < -0.3 is 14.7 Å². The summed E-state index contributed by atoms with van der Waals surface area (Å²) in [5, 5.41) is 2.26. The van der Waals surface area contributed by atoms with Crippen LogP contribution in [0.4, 0.5) is 10.1 Å². The third kappa shape index (κ3) is 3.81. The first kappa shape index (κ1) is 21.0. The van der Waals surface area contributed by atoms with Crippen molar-refractivity contribution in [3.63, 3.8) is 0 Å². The molecule has 3 aliphatic rings. The van der Waals surface area contributed by atoms with Crippen LogP contribution in [-0.4, -0.2) is 70.6 Å². The number of nitrogens with one attached hydrogen (secondary N) is 1. The van der Waals surface area contributed by atoms with Crippen molar-refractivity contribution in [2.45, 2.75) is 25.4 Å². The van der Waals surface area contributed by atoms with Gasteiger partial charge in [-0.2, -0.15) is 0 Å². The SMILES string of the molecule is O=C1CCC(N2Cc3cc(N4CCN(C(=O)c5ccccn5)CC4)c(F)cc3C2=O)C(=O)N1. The molecular weight excluding hydrogens is 429 g/mol. The molecule has 2 fully saturated rings. The standard InChI is InChI=1S/C23H22FN5O4/c24-16-12-15-14(13-29(22(15)32)18-4-5-20(30)26-21(18)31)11-19(16)27-7-9-28(10-8-27)23(33)17-3-1-2-6-25-17/h1-3,6,11-12,18H,4-5,7-10,13H2,(H,26,30,31). The monoisotopic (exact) mass is 451 g/mol. The summed E-state index contributed by atoms with van der Waals surface area (Å²) >= 11 is 0. The number of halogens is 1. The Morgan fingerprint density at radius 2 is 1.88 bits per heavy atom.